The summed E-state index contributed by atoms with van der Waals surface area (Å²) in [6.07, 6.45) is 0.838. The molecule has 132 valence electrons. The van der Waals surface area contributed by atoms with Gasteiger partial charge in [0.15, 0.2) is 11.9 Å². The fourth-order valence-electron chi connectivity index (χ4n) is 2.79. The van der Waals surface area contributed by atoms with Gasteiger partial charge in [0.25, 0.3) is 5.91 Å². The molecular formula is C17H19FN4O3. The standard InChI is InChI=1S/C17H19FN4O3/c1-3-22-9-8-13(20-22)19-17(24)16-15(21(2)14(23)10-25-16)11-4-6-12(18)7-5-11/h4-9,15-16H,3,10H2,1-2H3,(H,19,20,24)/t15-,16+/m0/s1. The van der Waals surface area contributed by atoms with E-state index in [1.54, 1.807) is 36.1 Å². The minimum absolute atomic E-state index is 0.185. The number of nitrogens with zero attached hydrogens (tertiary/aromatic N) is 3. The first-order valence-corrected chi connectivity index (χ1v) is 7.96. The molecule has 2 amide bonds. The van der Waals surface area contributed by atoms with Crippen LogP contribution < -0.4 is 5.32 Å². The maximum atomic E-state index is 13.2. The van der Waals surface area contributed by atoms with Gasteiger partial charge in [0.05, 0.1) is 6.04 Å². The molecule has 0 radical (unpaired) electrons. The summed E-state index contributed by atoms with van der Waals surface area (Å²) in [5, 5.41) is 6.91. The van der Waals surface area contributed by atoms with Gasteiger partial charge in [-0.15, -0.1) is 0 Å². The second-order valence-electron chi connectivity index (χ2n) is 5.78. The number of morpholine rings is 1. The van der Waals surface area contributed by atoms with Crippen molar-refractivity contribution in [3.8, 4) is 0 Å². The first kappa shape index (κ1) is 17.1. The molecule has 0 unspecified atom stereocenters. The molecule has 0 bridgehead atoms. The van der Waals surface area contributed by atoms with Crippen molar-refractivity contribution in [3.63, 3.8) is 0 Å². The van der Waals surface area contributed by atoms with Gasteiger partial charge < -0.3 is 15.0 Å². The highest BCUT2D eigenvalue weighted by atomic mass is 19.1. The quantitative estimate of drug-likeness (QED) is 0.912. The van der Waals surface area contributed by atoms with Gasteiger partial charge >= 0.3 is 0 Å². The predicted octanol–water partition coefficient (Wildman–Crippen LogP) is 1.58. The van der Waals surface area contributed by atoms with Crippen LogP contribution in [0.25, 0.3) is 0 Å². The van der Waals surface area contributed by atoms with Crippen LogP contribution in [0.2, 0.25) is 0 Å². The van der Waals surface area contributed by atoms with Crippen LogP contribution in [-0.2, 0) is 20.9 Å². The van der Waals surface area contributed by atoms with Gasteiger partial charge in [0.1, 0.15) is 12.4 Å². The van der Waals surface area contributed by atoms with E-state index in [0.717, 1.165) is 0 Å². The Morgan fingerprint density at radius 2 is 2.08 bits per heavy atom. The molecule has 1 N–H and O–H groups in total. The summed E-state index contributed by atoms with van der Waals surface area (Å²) in [6.45, 7) is 2.44. The average Bonchev–Trinajstić information content (AvgIpc) is 3.05. The fourth-order valence-corrected chi connectivity index (χ4v) is 2.79. The highest BCUT2D eigenvalue weighted by Crippen LogP contribution is 2.30. The largest absolute Gasteiger partial charge is 0.356 e. The van der Waals surface area contributed by atoms with Crippen LogP contribution in [0.5, 0.6) is 0 Å². The van der Waals surface area contributed by atoms with E-state index < -0.39 is 18.1 Å². The van der Waals surface area contributed by atoms with Crippen LogP contribution in [0.4, 0.5) is 10.2 Å². The number of anilines is 1. The summed E-state index contributed by atoms with van der Waals surface area (Å²) >= 11 is 0. The molecule has 0 saturated carbocycles. The van der Waals surface area contributed by atoms with Crippen molar-refractivity contribution >= 4 is 17.6 Å². The van der Waals surface area contributed by atoms with Gasteiger partial charge in [-0.1, -0.05) is 12.1 Å². The molecule has 0 aliphatic carbocycles. The van der Waals surface area contributed by atoms with Gasteiger partial charge in [0.2, 0.25) is 5.91 Å². The molecule has 3 rings (SSSR count). The van der Waals surface area contributed by atoms with E-state index in [1.807, 2.05) is 6.92 Å². The van der Waals surface area contributed by atoms with Gasteiger partial charge in [-0.05, 0) is 24.6 Å². The first-order valence-electron chi connectivity index (χ1n) is 7.96. The van der Waals surface area contributed by atoms with Crippen molar-refractivity contribution in [2.45, 2.75) is 25.6 Å². The second kappa shape index (κ2) is 7.02. The molecule has 7 nitrogen and oxygen atoms in total. The van der Waals surface area contributed by atoms with Gasteiger partial charge in [-0.25, -0.2) is 4.39 Å². The second-order valence-corrected chi connectivity index (χ2v) is 5.78. The molecule has 1 aliphatic heterocycles. The maximum Gasteiger partial charge on any atom is 0.257 e. The van der Waals surface area contributed by atoms with Crippen molar-refractivity contribution < 1.29 is 18.7 Å². The number of aromatic nitrogens is 2. The van der Waals surface area contributed by atoms with Crippen LogP contribution in [0.1, 0.15) is 18.5 Å². The third kappa shape index (κ3) is 3.53. The van der Waals surface area contributed by atoms with Crippen molar-refractivity contribution in [1.82, 2.24) is 14.7 Å². The zero-order chi connectivity index (χ0) is 18.0. The number of rotatable bonds is 4. The predicted molar refractivity (Wildman–Crippen MR) is 88.2 cm³/mol. The minimum Gasteiger partial charge on any atom is -0.356 e. The van der Waals surface area contributed by atoms with E-state index in [1.165, 1.54) is 17.0 Å². The van der Waals surface area contributed by atoms with E-state index in [0.29, 0.717) is 17.9 Å². The molecule has 0 spiro atoms. The summed E-state index contributed by atoms with van der Waals surface area (Å²) in [7, 11) is 1.60. The zero-order valence-corrected chi connectivity index (χ0v) is 14.0. The molecule has 1 aliphatic rings. The minimum atomic E-state index is -0.917. The number of hydrogen-bond acceptors (Lipinski definition) is 4. The number of halogens is 1. The summed E-state index contributed by atoms with van der Waals surface area (Å²) in [5.41, 5.74) is 0.621. The lowest BCUT2D eigenvalue weighted by molar-refractivity contribution is -0.160. The van der Waals surface area contributed by atoms with E-state index >= 15 is 0 Å². The van der Waals surface area contributed by atoms with Crippen LogP contribution in [0.15, 0.2) is 36.5 Å². The lowest BCUT2D eigenvalue weighted by Gasteiger charge is -2.38. The first-order chi connectivity index (χ1) is 12.0. The Balaban J connectivity index is 1.84. The van der Waals surface area contributed by atoms with Crippen LogP contribution in [0.3, 0.4) is 0 Å². The third-order valence-corrected chi connectivity index (χ3v) is 4.17. The number of hydrogen-bond donors (Lipinski definition) is 1. The van der Waals surface area contributed by atoms with Crippen LogP contribution >= 0.6 is 0 Å². The van der Waals surface area contributed by atoms with Gasteiger partial charge in [-0.2, -0.15) is 5.10 Å². The summed E-state index contributed by atoms with van der Waals surface area (Å²) in [4.78, 5) is 26.1. The monoisotopic (exact) mass is 346 g/mol. The zero-order valence-electron chi connectivity index (χ0n) is 14.0. The third-order valence-electron chi connectivity index (χ3n) is 4.17. The summed E-state index contributed by atoms with van der Waals surface area (Å²) in [5.74, 6) is -0.628. The molecule has 2 atom stereocenters. The molecule has 2 heterocycles. The average molecular weight is 346 g/mol. The van der Waals surface area contributed by atoms with Crippen molar-refractivity contribution in [2.24, 2.45) is 0 Å². The lowest BCUT2D eigenvalue weighted by Crippen LogP contribution is -2.51. The highest BCUT2D eigenvalue weighted by molar-refractivity contribution is 5.95. The van der Waals surface area contributed by atoms with Crippen LogP contribution in [-0.4, -0.2) is 46.3 Å². The normalized spacial score (nSPS) is 20.6. The molecule has 8 heteroatoms. The smallest absolute Gasteiger partial charge is 0.257 e. The number of carbonyl (C=O) groups is 2. The highest BCUT2D eigenvalue weighted by Gasteiger charge is 2.40. The van der Waals surface area contributed by atoms with Crippen molar-refractivity contribution in [1.29, 1.82) is 0 Å². The molecule has 1 fully saturated rings. The number of likely N-dealkylation sites (N-methyl/N-ethyl adjacent to an activating group) is 1. The Kier molecular flexibility index (Phi) is 4.80. The summed E-state index contributed by atoms with van der Waals surface area (Å²) in [6, 6.07) is 6.72. The molecule has 1 aromatic heterocycles. The molecule has 1 saturated heterocycles. The lowest BCUT2D eigenvalue weighted by atomic mass is 9.97. The van der Waals surface area contributed by atoms with Gasteiger partial charge in [-0.3, -0.25) is 14.3 Å². The summed E-state index contributed by atoms with van der Waals surface area (Å²) < 4.78 is 20.4. The Labute approximate surface area is 144 Å². The van der Waals surface area contributed by atoms with E-state index in [9.17, 15) is 14.0 Å². The number of amides is 2. The van der Waals surface area contributed by atoms with Crippen molar-refractivity contribution in [3.05, 3.63) is 47.9 Å². The Morgan fingerprint density at radius 3 is 2.72 bits per heavy atom. The molecule has 2 aromatic rings. The Hall–Kier alpha value is -2.74. The maximum absolute atomic E-state index is 13.2. The van der Waals surface area contributed by atoms with E-state index in [-0.39, 0.29) is 18.3 Å². The fraction of sp³-hybridized carbons (Fsp3) is 0.353. The van der Waals surface area contributed by atoms with E-state index in [4.69, 9.17) is 4.74 Å². The number of aryl methyl sites for hydroxylation is 1. The SMILES string of the molecule is CCn1ccc(NC(=O)[C@@H]2OCC(=O)N(C)[C@H]2c2ccc(F)cc2)n1. The number of benzene rings is 1. The van der Waals surface area contributed by atoms with Crippen LogP contribution in [0, 0.1) is 5.82 Å². The topological polar surface area (TPSA) is 76.5 Å². The van der Waals surface area contributed by atoms with E-state index in [2.05, 4.69) is 10.4 Å². The molecule has 25 heavy (non-hydrogen) atoms. The van der Waals surface area contributed by atoms with Gasteiger partial charge in [0, 0.05) is 25.9 Å². The van der Waals surface area contributed by atoms with Crippen molar-refractivity contribution in [2.75, 3.05) is 19.0 Å². The number of ether oxygens (including phenoxy) is 1. The molecule has 1 aromatic carbocycles. The molecular weight excluding hydrogens is 327 g/mol. The Bertz CT molecular complexity index is 774. The Morgan fingerprint density at radius 1 is 1.36 bits per heavy atom. The number of nitrogens with one attached hydrogen (secondary N) is 1. The number of carbonyl (C=O) groups excluding carboxylic acids is 2.